The summed E-state index contributed by atoms with van der Waals surface area (Å²) in [6, 6.07) is 10.1. The quantitative estimate of drug-likeness (QED) is 0.313. The predicted octanol–water partition coefficient (Wildman–Crippen LogP) is 3.70. The first-order chi connectivity index (χ1) is 14.0. The lowest BCUT2D eigenvalue weighted by molar-refractivity contribution is -0.137. The third-order valence-electron chi connectivity index (χ3n) is 5.81. The Labute approximate surface area is 177 Å². The first kappa shape index (κ1) is 23.9. The molecule has 0 radical (unpaired) electrons. The molecule has 1 aromatic carbocycles. The molecule has 0 aliphatic heterocycles. The number of unbranched alkanes of at least 4 members (excludes halogenated alkanes) is 3. The van der Waals surface area contributed by atoms with E-state index in [-0.39, 0.29) is 23.5 Å². The number of benzene rings is 1. The molecular formula is C23H34O5S. The van der Waals surface area contributed by atoms with Gasteiger partial charge in [-0.3, -0.25) is 4.79 Å². The molecule has 5 atom stereocenters. The second-order valence-electron chi connectivity index (χ2n) is 8.09. The molecule has 1 aliphatic rings. The van der Waals surface area contributed by atoms with E-state index in [0.717, 1.165) is 38.4 Å². The van der Waals surface area contributed by atoms with Gasteiger partial charge in [0.15, 0.2) is 0 Å². The smallest absolute Gasteiger partial charge is 0.303 e. The number of aliphatic hydroxyl groups is 2. The van der Waals surface area contributed by atoms with Crippen LogP contribution >= 0.6 is 11.8 Å². The Hall–Kier alpha value is -1.37. The Morgan fingerprint density at radius 3 is 2.59 bits per heavy atom. The van der Waals surface area contributed by atoms with Crippen molar-refractivity contribution in [2.24, 2.45) is 11.8 Å². The Balaban J connectivity index is 1.74. The van der Waals surface area contributed by atoms with Crippen LogP contribution in [0.5, 0.6) is 0 Å². The molecule has 1 aliphatic carbocycles. The van der Waals surface area contributed by atoms with Crippen LogP contribution in [0.3, 0.4) is 0 Å². The highest BCUT2D eigenvalue weighted by Gasteiger charge is 2.42. The van der Waals surface area contributed by atoms with Gasteiger partial charge in [-0.25, -0.2) is 0 Å². The lowest BCUT2D eigenvalue weighted by Gasteiger charge is -2.24. The average Bonchev–Trinajstić information content (AvgIpc) is 3.02. The zero-order chi connectivity index (χ0) is 21.1. The van der Waals surface area contributed by atoms with Crippen LogP contribution in [0.1, 0.15) is 56.9 Å². The van der Waals surface area contributed by atoms with Gasteiger partial charge in [-0.05, 0) is 43.6 Å². The number of carboxylic acids is 1. The number of carboxylic acid groups (broad SMARTS) is 1. The molecule has 0 spiro atoms. The predicted molar refractivity (Wildman–Crippen MR) is 116 cm³/mol. The van der Waals surface area contributed by atoms with E-state index in [0.29, 0.717) is 25.0 Å². The third kappa shape index (κ3) is 8.49. The molecule has 5 nitrogen and oxygen atoms in total. The summed E-state index contributed by atoms with van der Waals surface area (Å²) in [6.45, 7) is 0. The molecule has 3 N–H and O–H groups in total. The Kier molecular flexibility index (Phi) is 10.7. The van der Waals surface area contributed by atoms with E-state index in [1.807, 2.05) is 18.2 Å². The average molecular weight is 423 g/mol. The van der Waals surface area contributed by atoms with Gasteiger partial charge in [0.25, 0.3) is 0 Å². The highest BCUT2D eigenvalue weighted by atomic mass is 32.2. The highest BCUT2D eigenvalue weighted by molar-refractivity contribution is 8.00. The molecule has 0 amide bonds. The highest BCUT2D eigenvalue weighted by Crippen LogP contribution is 2.42. The van der Waals surface area contributed by atoms with Crippen LogP contribution in [-0.2, 0) is 16.0 Å². The van der Waals surface area contributed by atoms with Crippen molar-refractivity contribution in [3.63, 3.8) is 0 Å². The minimum Gasteiger partial charge on any atom is -0.481 e. The van der Waals surface area contributed by atoms with Crippen molar-refractivity contribution in [2.75, 3.05) is 5.75 Å². The van der Waals surface area contributed by atoms with E-state index in [9.17, 15) is 19.8 Å². The van der Waals surface area contributed by atoms with Crippen molar-refractivity contribution >= 4 is 24.0 Å². The molecule has 0 bridgehead atoms. The zero-order valence-corrected chi connectivity index (χ0v) is 17.8. The van der Waals surface area contributed by atoms with Crippen LogP contribution in [0.15, 0.2) is 30.3 Å². The topological polar surface area (TPSA) is 94.8 Å². The van der Waals surface area contributed by atoms with Gasteiger partial charge in [0.1, 0.15) is 6.29 Å². The molecule has 1 saturated carbocycles. The summed E-state index contributed by atoms with van der Waals surface area (Å²) in [7, 11) is 0. The number of aryl methyl sites for hydroxylation is 1. The van der Waals surface area contributed by atoms with Gasteiger partial charge >= 0.3 is 5.97 Å². The van der Waals surface area contributed by atoms with Crippen molar-refractivity contribution in [2.45, 2.75) is 75.2 Å². The lowest BCUT2D eigenvalue weighted by atomic mass is 9.91. The van der Waals surface area contributed by atoms with Crippen LogP contribution in [0, 0.1) is 11.8 Å². The molecule has 1 aromatic rings. The standard InChI is InChI=1S/C23H34O5S/c24-15-18-14-21(26)23(20(18)10-6-1-2-7-11-22(27)28)29-16-19(25)13-12-17-8-4-3-5-9-17/h3-5,8-9,15,18-21,23,25-26H,1-2,6-7,10-14,16H2,(H,27,28)/t18?,19?,20-,21?,23+/m0/s1. The normalized spacial score (nSPS) is 25.0. The van der Waals surface area contributed by atoms with Crippen LogP contribution < -0.4 is 0 Å². The lowest BCUT2D eigenvalue weighted by Crippen LogP contribution is -2.26. The minimum atomic E-state index is -0.757. The molecular weight excluding hydrogens is 388 g/mol. The fraction of sp³-hybridized carbons (Fsp3) is 0.652. The fourth-order valence-electron chi connectivity index (χ4n) is 4.18. The van der Waals surface area contributed by atoms with E-state index in [2.05, 4.69) is 12.1 Å². The molecule has 2 rings (SSSR count). The van der Waals surface area contributed by atoms with Crippen LogP contribution in [-0.4, -0.2) is 50.8 Å². The number of rotatable bonds is 14. The van der Waals surface area contributed by atoms with Crippen molar-refractivity contribution < 1.29 is 24.9 Å². The summed E-state index contributed by atoms with van der Waals surface area (Å²) >= 11 is 1.60. The fourth-order valence-corrected chi connectivity index (χ4v) is 5.71. The monoisotopic (exact) mass is 422 g/mol. The maximum Gasteiger partial charge on any atom is 0.303 e. The van der Waals surface area contributed by atoms with Crippen LogP contribution in [0.25, 0.3) is 0 Å². The van der Waals surface area contributed by atoms with Gasteiger partial charge in [0.05, 0.1) is 12.2 Å². The molecule has 0 saturated heterocycles. The van der Waals surface area contributed by atoms with Gasteiger partial charge in [0.2, 0.25) is 0 Å². The van der Waals surface area contributed by atoms with Crippen LogP contribution in [0.4, 0.5) is 0 Å². The van der Waals surface area contributed by atoms with E-state index in [4.69, 9.17) is 5.11 Å². The molecule has 3 unspecified atom stereocenters. The number of thioether (sulfide) groups is 1. The summed E-state index contributed by atoms with van der Waals surface area (Å²) in [5.41, 5.74) is 1.21. The van der Waals surface area contributed by atoms with Crippen molar-refractivity contribution in [1.82, 2.24) is 0 Å². The second kappa shape index (κ2) is 13.0. The first-order valence-corrected chi connectivity index (χ1v) is 11.7. The number of carbonyl (C=O) groups excluding carboxylic acids is 1. The Morgan fingerprint density at radius 1 is 1.17 bits per heavy atom. The number of hydrogen-bond donors (Lipinski definition) is 3. The van der Waals surface area contributed by atoms with E-state index >= 15 is 0 Å². The maximum atomic E-state index is 11.5. The summed E-state index contributed by atoms with van der Waals surface area (Å²) in [6.07, 6.45) is 6.58. The van der Waals surface area contributed by atoms with Crippen molar-refractivity contribution in [1.29, 1.82) is 0 Å². The van der Waals surface area contributed by atoms with E-state index in [1.165, 1.54) is 5.56 Å². The summed E-state index contributed by atoms with van der Waals surface area (Å²) in [4.78, 5) is 22.0. The molecule has 0 aromatic heterocycles. The second-order valence-corrected chi connectivity index (χ2v) is 9.30. The SMILES string of the molecule is O=CC1CC(O)[C@H](SCC(O)CCc2ccccc2)[C@H]1CCCCCCC(=O)O. The number of aliphatic hydroxyl groups excluding tert-OH is 2. The summed E-state index contributed by atoms with van der Waals surface area (Å²) < 4.78 is 0. The molecule has 162 valence electrons. The Bertz CT molecular complexity index is 609. The van der Waals surface area contributed by atoms with Gasteiger partial charge in [-0.15, -0.1) is 0 Å². The maximum absolute atomic E-state index is 11.5. The van der Waals surface area contributed by atoms with Gasteiger partial charge < -0.3 is 20.1 Å². The number of hydrogen-bond acceptors (Lipinski definition) is 5. The van der Waals surface area contributed by atoms with Gasteiger partial charge in [0, 0.05) is 23.3 Å². The van der Waals surface area contributed by atoms with Crippen LogP contribution in [0.2, 0.25) is 0 Å². The number of carbonyl (C=O) groups is 2. The summed E-state index contributed by atoms with van der Waals surface area (Å²) in [5.74, 6) is -0.182. The molecule has 6 heteroatoms. The molecule has 29 heavy (non-hydrogen) atoms. The number of aldehydes is 1. The Morgan fingerprint density at radius 2 is 1.90 bits per heavy atom. The van der Waals surface area contributed by atoms with Gasteiger partial charge in [-0.2, -0.15) is 11.8 Å². The first-order valence-electron chi connectivity index (χ1n) is 10.7. The third-order valence-corrected chi connectivity index (χ3v) is 7.43. The largest absolute Gasteiger partial charge is 0.481 e. The van der Waals surface area contributed by atoms with Gasteiger partial charge in [-0.1, -0.05) is 49.6 Å². The minimum absolute atomic E-state index is 0.0180. The molecule has 1 fully saturated rings. The van der Waals surface area contributed by atoms with Crippen molar-refractivity contribution in [3.05, 3.63) is 35.9 Å². The van der Waals surface area contributed by atoms with E-state index < -0.39 is 18.2 Å². The van der Waals surface area contributed by atoms with E-state index in [1.54, 1.807) is 11.8 Å². The zero-order valence-electron chi connectivity index (χ0n) is 17.0. The number of aliphatic carboxylic acids is 1. The van der Waals surface area contributed by atoms with Crippen molar-refractivity contribution in [3.8, 4) is 0 Å². The summed E-state index contributed by atoms with van der Waals surface area (Å²) in [5, 5.41) is 29.5. The molecule has 0 heterocycles.